The fraction of sp³-hybridized carbons (Fsp3) is 0. The van der Waals surface area contributed by atoms with Crippen molar-refractivity contribution in [1.82, 2.24) is 9.97 Å². The summed E-state index contributed by atoms with van der Waals surface area (Å²) >= 11 is 0. The van der Waals surface area contributed by atoms with Crippen molar-refractivity contribution >= 4 is 0 Å². The first-order valence-electron chi connectivity index (χ1n) is 7.93. The standard InChI is InChI=1S/C22H16N2/c1-3-8-17(9-4-1)19-14-20(18-10-5-2-6-11-18)16-21(15-19)22-23-12-7-13-24-22/h1-16H. The summed E-state index contributed by atoms with van der Waals surface area (Å²) in [7, 11) is 0. The molecule has 0 saturated heterocycles. The molecule has 0 bridgehead atoms. The van der Waals surface area contributed by atoms with E-state index in [9.17, 15) is 0 Å². The molecule has 0 amide bonds. The third kappa shape index (κ3) is 2.95. The van der Waals surface area contributed by atoms with Crippen LogP contribution < -0.4 is 0 Å². The van der Waals surface area contributed by atoms with Crippen molar-refractivity contribution in [3.63, 3.8) is 0 Å². The molecule has 0 atom stereocenters. The predicted octanol–water partition coefficient (Wildman–Crippen LogP) is 5.48. The molecule has 2 heteroatoms. The molecule has 0 radical (unpaired) electrons. The topological polar surface area (TPSA) is 25.8 Å². The van der Waals surface area contributed by atoms with Gasteiger partial charge in [0.05, 0.1) is 0 Å². The summed E-state index contributed by atoms with van der Waals surface area (Å²) in [4.78, 5) is 8.81. The summed E-state index contributed by atoms with van der Waals surface area (Å²) in [6.45, 7) is 0. The van der Waals surface area contributed by atoms with Gasteiger partial charge in [-0.2, -0.15) is 0 Å². The smallest absolute Gasteiger partial charge is 0.159 e. The molecule has 1 heterocycles. The van der Waals surface area contributed by atoms with Crippen LogP contribution in [-0.4, -0.2) is 9.97 Å². The van der Waals surface area contributed by atoms with E-state index in [4.69, 9.17) is 0 Å². The first kappa shape index (κ1) is 14.3. The fourth-order valence-corrected chi connectivity index (χ4v) is 2.80. The van der Waals surface area contributed by atoms with Crippen molar-refractivity contribution in [2.24, 2.45) is 0 Å². The maximum Gasteiger partial charge on any atom is 0.159 e. The normalized spacial score (nSPS) is 10.5. The first-order chi connectivity index (χ1) is 11.9. The van der Waals surface area contributed by atoms with E-state index in [1.54, 1.807) is 12.4 Å². The highest BCUT2D eigenvalue weighted by Crippen LogP contribution is 2.31. The molecule has 1 aromatic heterocycles. The van der Waals surface area contributed by atoms with Crippen molar-refractivity contribution in [3.8, 4) is 33.6 Å². The maximum atomic E-state index is 4.41. The van der Waals surface area contributed by atoms with Crippen molar-refractivity contribution in [2.75, 3.05) is 0 Å². The van der Waals surface area contributed by atoms with Crippen LogP contribution in [0.15, 0.2) is 97.3 Å². The van der Waals surface area contributed by atoms with Gasteiger partial charge in [0.15, 0.2) is 5.82 Å². The molecule has 4 rings (SSSR count). The number of benzene rings is 3. The second-order valence-electron chi connectivity index (χ2n) is 5.60. The minimum atomic E-state index is 0.743. The molecule has 0 aliphatic rings. The minimum Gasteiger partial charge on any atom is -0.237 e. The molecule has 114 valence electrons. The summed E-state index contributed by atoms with van der Waals surface area (Å²) in [5.41, 5.74) is 5.73. The van der Waals surface area contributed by atoms with Crippen molar-refractivity contribution < 1.29 is 0 Å². The van der Waals surface area contributed by atoms with E-state index in [1.807, 2.05) is 18.2 Å². The molecule has 3 aromatic carbocycles. The summed E-state index contributed by atoms with van der Waals surface area (Å²) in [6.07, 6.45) is 3.55. The summed E-state index contributed by atoms with van der Waals surface area (Å²) in [5, 5.41) is 0. The van der Waals surface area contributed by atoms with E-state index in [0.29, 0.717) is 0 Å². The van der Waals surface area contributed by atoms with Crippen LogP contribution in [-0.2, 0) is 0 Å². The Morgan fingerprint density at radius 3 is 1.38 bits per heavy atom. The second-order valence-corrected chi connectivity index (χ2v) is 5.60. The molecule has 4 aromatic rings. The zero-order valence-electron chi connectivity index (χ0n) is 13.1. The van der Waals surface area contributed by atoms with Crippen LogP contribution >= 0.6 is 0 Å². The van der Waals surface area contributed by atoms with E-state index in [2.05, 4.69) is 76.7 Å². The van der Waals surface area contributed by atoms with Gasteiger partial charge in [0.1, 0.15) is 0 Å². The summed E-state index contributed by atoms with van der Waals surface area (Å²) < 4.78 is 0. The lowest BCUT2D eigenvalue weighted by molar-refractivity contribution is 1.18. The third-order valence-corrected chi connectivity index (χ3v) is 3.97. The Bertz CT molecular complexity index is 794. The highest BCUT2D eigenvalue weighted by Gasteiger charge is 2.08. The van der Waals surface area contributed by atoms with Crippen LogP contribution in [0.2, 0.25) is 0 Å². The zero-order chi connectivity index (χ0) is 16.2. The summed E-state index contributed by atoms with van der Waals surface area (Å²) in [6, 6.07) is 29.2. The Morgan fingerprint density at radius 2 is 0.875 bits per heavy atom. The first-order valence-corrected chi connectivity index (χ1v) is 7.93. The van der Waals surface area contributed by atoms with Gasteiger partial charge in [-0.1, -0.05) is 60.7 Å². The van der Waals surface area contributed by atoms with Gasteiger partial charge in [-0.15, -0.1) is 0 Å². The van der Waals surface area contributed by atoms with Crippen molar-refractivity contribution in [3.05, 3.63) is 97.3 Å². The van der Waals surface area contributed by atoms with Gasteiger partial charge in [-0.05, 0) is 46.5 Å². The van der Waals surface area contributed by atoms with E-state index in [1.165, 1.54) is 22.3 Å². The molecular formula is C22H16N2. The van der Waals surface area contributed by atoms with E-state index in [0.717, 1.165) is 11.4 Å². The van der Waals surface area contributed by atoms with Crippen LogP contribution in [0.4, 0.5) is 0 Å². The Hall–Kier alpha value is -3.26. The van der Waals surface area contributed by atoms with Gasteiger partial charge in [0.25, 0.3) is 0 Å². The zero-order valence-corrected chi connectivity index (χ0v) is 13.1. The van der Waals surface area contributed by atoms with E-state index >= 15 is 0 Å². The Labute approximate surface area is 141 Å². The van der Waals surface area contributed by atoms with Crippen LogP contribution in [0.1, 0.15) is 0 Å². The monoisotopic (exact) mass is 308 g/mol. The van der Waals surface area contributed by atoms with E-state index in [-0.39, 0.29) is 0 Å². The molecule has 2 nitrogen and oxygen atoms in total. The average molecular weight is 308 g/mol. The SMILES string of the molecule is c1ccc(-c2cc(-c3ccccc3)cc(-c3ncccn3)c2)cc1. The van der Waals surface area contributed by atoms with Gasteiger partial charge < -0.3 is 0 Å². The van der Waals surface area contributed by atoms with E-state index < -0.39 is 0 Å². The lowest BCUT2D eigenvalue weighted by Gasteiger charge is -2.10. The molecule has 0 aliphatic carbocycles. The van der Waals surface area contributed by atoms with Gasteiger partial charge in [0.2, 0.25) is 0 Å². The van der Waals surface area contributed by atoms with Crippen LogP contribution in [0, 0.1) is 0 Å². The van der Waals surface area contributed by atoms with Crippen molar-refractivity contribution in [1.29, 1.82) is 0 Å². The largest absolute Gasteiger partial charge is 0.237 e. The molecule has 0 aliphatic heterocycles. The van der Waals surface area contributed by atoms with Crippen LogP contribution in [0.25, 0.3) is 33.6 Å². The molecule has 24 heavy (non-hydrogen) atoms. The van der Waals surface area contributed by atoms with Crippen LogP contribution in [0.3, 0.4) is 0 Å². The Morgan fingerprint density at radius 1 is 0.417 bits per heavy atom. The lowest BCUT2D eigenvalue weighted by atomic mass is 9.96. The van der Waals surface area contributed by atoms with Crippen molar-refractivity contribution in [2.45, 2.75) is 0 Å². The summed E-state index contributed by atoms with van der Waals surface area (Å²) in [5.74, 6) is 0.743. The quantitative estimate of drug-likeness (QED) is 0.501. The van der Waals surface area contributed by atoms with Gasteiger partial charge >= 0.3 is 0 Å². The minimum absolute atomic E-state index is 0.743. The second kappa shape index (κ2) is 6.47. The number of hydrogen-bond donors (Lipinski definition) is 0. The number of rotatable bonds is 3. The molecule has 0 spiro atoms. The molecule has 0 N–H and O–H groups in total. The highest BCUT2D eigenvalue weighted by atomic mass is 14.8. The number of nitrogens with zero attached hydrogens (tertiary/aromatic N) is 2. The molecule has 0 unspecified atom stereocenters. The molecule has 0 fully saturated rings. The van der Waals surface area contributed by atoms with Gasteiger partial charge in [-0.25, -0.2) is 9.97 Å². The molecular weight excluding hydrogens is 292 g/mol. The fourth-order valence-electron chi connectivity index (χ4n) is 2.80. The van der Waals surface area contributed by atoms with Gasteiger partial charge in [0, 0.05) is 18.0 Å². The lowest BCUT2D eigenvalue weighted by Crippen LogP contribution is -1.90. The molecule has 0 saturated carbocycles. The Kier molecular flexibility index (Phi) is 3.86. The maximum absolute atomic E-state index is 4.41. The van der Waals surface area contributed by atoms with Crippen LogP contribution in [0.5, 0.6) is 0 Å². The highest BCUT2D eigenvalue weighted by molar-refractivity contribution is 5.79. The number of hydrogen-bond acceptors (Lipinski definition) is 2. The third-order valence-electron chi connectivity index (χ3n) is 3.97. The predicted molar refractivity (Wildman–Crippen MR) is 98.3 cm³/mol. The Balaban J connectivity index is 1.92. The number of aromatic nitrogens is 2. The average Bonchev–Trinajstić information content (AvgIpc) is 2.70. The van der Waals surface area contributed by atoms with Gasteiger partial charge in [-0.3, -0.25) is 0 Å².